The third kappa shape index (κ3) is 6.27. The lowest BCUT2D eigenvalue weighted by Gasteiger charge is -2.28. The number of unbranched alkanes of at least 4 members (excludes halogenated alkanes) is 1. The van der Waals surface area contributed by atoms with Crippen LogP contribution in [0.3, 0.4) is 0 Å². The van der Waals surface area contributed by atoms with E-state index in [2.05, 4.69) is 39.6 Å². The maximum atomic E-state index is 2.59. The molecule has 0 rings (SSSR count). The standard InChI is InChI=1S/C11H27NSi/c1-6-8-9-12(5)11(7-2)13-10(3)4/h10-11H,6-9,13H2,1-5H3. The van der Waals surface area contributed by atoms with Crippen LogP contribution in [0.15, 0.2) is 0 Å². The molecule has 1 atom stereocenters. The lowest BCUT2D eigenvalue weighted by Crippen LogP contribution is -2.37. The normalized spacial score (nSPS) is 15.0. The van der Waals surface area contributed by atoms with Crippen molar-refractivity contribution in [3.05, 3.63) is 0 Å². The van der Waals surface area contributed by atoms with E-state index in [1.165, 1.54) is 25.8 Å². The van der Waals surface area contributed by atoms with Crippen molar-refractivity contribution in [2.24, 2.45) is 0 Å². The van der Waals surface area contributed by atoms with Gasteiger partial charge in [-0.1, -0.05) is 39.7 Å². The Balaban J connectivity index is 3.77. The fourth-order valence-electron chi connectivity index (χ4n) is 1.79. The Hall–Kier alpha value is 0.177. The van der Waals surface area contributed by atoms with Crippen LogP contribution >= 0.6 is 0 Å². The molecule has 0 aliphatic heterocycles. The van der Waals surface area contributed by atoms with Gasteiger partial charge in [0.15, 0.2) is 0 Å². The van der Waals surface area contributed by atoms with Gasteiger partial charge < -0.3 is 4.90 Å². The molecule has 1 nitrogen and oxygen atoms in total. The molecule has 0 aliphatic rings. The molecule has 0 saturated carbocycles. The van der Waals surface area contributed by atoms with Crippen molar-refractivity contribution in [1.82, 2.24) is 4.90 Å². The fraction of sp³-hybridized carbons (Fsp3) is 1.00. The van der Waals surface area contributed by atoms with Gasteiger partial charge in [-0.15, -0.1) is 0 Å². The molecule has 0 radical (unpaired) electrons. The SMILES string of the molecule is CCCCN(C)C(CC)[SiH2]C(C)C. The molecule has 0 N–H and O–H groups in total. The summed E-state index contributed by atoms with van der Waals surface area (Å²) in [6.07, 6.45) is 4.04. The van der Waals surface area contributed by atoms with Crippen LogP contribution in [0.25, 0.3) is 0 Å². The summed E-state index contributed by atoms with van der Waals surface area (Å²) in [5.41, 5.74) is 1.90. The summed E-state index contributed by atoms with van der Waals surface area (Å²) >= 11 is 0. The molecule has 0 aromatic carbocycles. The molecular formula is C11H27NSi. The Bertz CT molecular complexity index is 115. The molecule has 0 aromatic heterocycles. The number of hydrogen-bond donors (Lipinski definition) is 0. The minimum atomic E-state index is 0.111. The van der Waals surface area contributed by atoms with Gasteiger partial charge in [-0.05, 0) is 32.1 Å². The Morgan fingerprint density at radius 2 is 1.85 bits per heavy atom. The van der Waals surface area contributed by atoms with Crippen molar-refractivity contribution < 1.29 is 0 Å². The first-order valence-corrected chi connectivity index (χ1v) is 7.45. The van der Waals surface area contributed by atoms with Crippen molar-refractivity contribution >= 4 is 9.52 Å². The Labute approximate surface area is 86.7 Å². The molecule has 0 aliphatic carbocycles. The van der Waals surface area contributed by atoms with Gasteiger partial charge in [0.2, 0.25) is 0 Å². The largest absolute Gasteiger partial charge is 0.307 e. The minimum absolute atomic E-state index is 0.111. The zero-order valence-electron chi connectivity index (χ0n) is 10.1. The molecule has 0 heterocycles. The van der Waals surface area contributed by atoms with E-state index in [0.29, 0.717) is 0 Å². The highest BCUT2D eigenvalue weighted by molar-refractivity contribution is 6.39. The molecule has 80 valence electrons. The van der Waals surface area contributed by atoms with Crippen molar-refractivity contribution in [2.45, 2.75) is 58.2 Å². The van der Waals surface area contributed by atoms with E-state index >= 15 is 0 Å². The maximum absolute atomic E-state index is 2.59. The van der Waals surface area contributed by atoms with Gasteiger partial charge in [0.25, 0.3) is 0 Å². The monoisotopic (exact) mass is 201 g/mol. The van der Waals surface area contributed by atoms with Crippen LogP contribution in [0, 0.1) is 0 Å². The van der Waals surface area contributed by atoms with Crippen LogP contribution < -0.4 is 0 Å². The van der Waals surface area contributed by atoms with Crippen LogP contribution in [0.2, 0.25) is 5.54 Å². The average molecular weight is 201 g/mol. The summed E-state index contributed by atoms with van der Waals surface area (Å²) in [6.45, 7) is 10.7. The van der Waals surface area contributed by atoms with E-state index in [-0.39, 0.29) is 9.52 Å². The summed E-state index contributed by atoms with van der Waals surface area (Å²) < 4.78 is 0. The van der Waals surface area contributed by atoms with Crippen LogP contribution in [-0.2, 0) is 0 Å². The minimum Gasteiger partial charge on any atom is -0.307 e. The van der Waals surface area contributed by atoms with E-state index < -0.39 is 0 Å². The third-order valence-corrected chi connectivity index (χ3v) is 5.39. The molecule has 2 heteroatoms. The lowest BCUT2D eigenvalue weighted by atomic mass is 10.3. The zero-order chi connectivity index (χ0) is 10.3. The van der Waals surface area contributed by atoms with E-state index in [1.807, 2.05) is 0 Å². The van der Waals surface area contributed by atoms with E-state index in [4.69, 9.17) is 0 Å². The first kappa shape index (κ1) is 13.2. The second kappa shape index (κ2) is 7.57. The zero-order valence-corrected chi connectivity index (χ0v) is 11.6. The number of hydrogen-bond acceptors (Lipinski definition) is 1. The van der Waals surface area contributed by atoms with Crippen molar-refractivity contribution in [3.63, 3.8) is 0 Å². The smallest absolute Gasteiger partial charge is 0.0433 e. The van der Waals surface area contributed by atoms with Gasteiger partial charge >= 0.3 is 0 Å². The van der Waals surface area contributed by atoms with Crippen molar-refractivity contribution in [2.75, 3.05) is 13.6 Å². The molecule has 0 aromatic rings. The summed E-state index contributed by atoms with van der Waals surface area (Å²) in [7, 11) is 2.42. The van der Waals surface area contributed by atoms with Gasteiger partial charge in [-0.25, -0.2) is 0 Å². The summed E-state index contributed by atoms with van der Waals surface area (Å²) in [6, 6.07) is 0. The lowest BCUT2D eigenvalue weighted by molar-refractivity contribution is 0.293. The molecule has 0 spiro atoms. The topological polar surface area (TPSA) is 3.24 Å². The van der Waals surface area contributed by atoms with Crippen LogP contribution in [0.4, 0.5) is 0 Å². The van der Waals surface area contributed by atoms with Gasteiger partial charge in [-0.3, -0.25) is 0 Å². The van der Waals surface area contributed by atoms with Gasteiger partial charge in [0, 0.05) is 9.52 Å². The second-order valence-corrected chi connectivity index (χ2v) is 7.57. The Kier molecular flexibility index (Phi) is 7.67. The highest BCUT2D eigenvalue weighted by Crippen LogP contribution is 2.09. The number of nitrogens with zero attached hydrogens (tertiary/aromatic N) is 1. The first-order chi connectivity index (χ1) is 6.11. The number of rotatable bonds is 7. The van der Waals surface area contributed by atoms with Crippen LogP contribution in [0.1, 0.15) is 47.0 Å². The predicted octanol–water partition coefficient (Wildman–Crippen LogP) is 2.45. The highest BCUT2D eigenvalue weighted by atomic mass is 28.2. The first-order valence-electron chi connectivity index (χ1n) is 5.82. The van der Waals surface area contributed by atoms with Gasteiger partial charge in [-0.2, -0.15) is 0 Å². The Morgan fingerprint density at radius 1 is 1.23 bits per heavy atom. The molecule has 13 heavy (non-hydrogen) atoms. The maximum Gasteiger partial charge on any atom is 0.0433 e. The average Bonchev–Trinajstić information content (AvgIpc) is 2.09. The second-order valence-electron chi connectivity index (χ2n) is 4.53. The molecule has 0 bridgehead atoms. The third-order valence-electron chi connectivity index (χ3n) is 2.70. The molecule has 0 saturated heterocycles. The predicted molar refractivity (Wildman–Crippen MR) is 65.3 cm³/mol. The molecule has 1 unspecified atom stereocenters. The summed E-state index contributed by atoms with van der Waals surface area (Å²) in [5, 5.41) is 0. The summed E-state index contributed by atoms with van der Waals surface area (Å²) in [4.78, 5) is 2.59. The molecule has 0 amide bonds. The fourth-order valence-corrected chi connectivity index (χ4v) is 3.76. The Morgan fingerprint density at radius 3 is 2.23 bits per heavy atom. The molecule has 0 fully saturated rings. The van der Waals surface area contributed by atoms with Crippen LogP contribution in [0.5, 0.6) is 0 Å². The van der Waals surface area contributed by atoms with Gasteiger partial charge in [0.05, 0.1) is 0 Å². The quantitative estimate of drug-likeness (QED) is 0.572. The van der Waals surface area contributed by atoms with Crippen molar-refractivity contribution in [3.8, 4) is 0 Å². The molecular weight excluding hydrogens is 174 g/mol. The van der Waals surface area contributed by atoms with Gasteiger partial charge in [0.1, 0.15) is 0 Å². The highest BCUT2D eigenvalue weighted by Gasteiger charge is 2.13. The van der Waals surface area contributed by atoms with Crippen molar-refractivity contribution in [1.29, 1.82) is 0 Å². The summed E-state index contributed by atoms with van der Waals surface area (Å²) in [5.74, 6) is 0. The van der Waals surface area contributed by atoms with E-state index in [0.717, 1.165) is 11.2 Å². The van der Waals surface area contributed by atoms with E-state index in [9.17, 15) is 0 Å². The van der Waals surface area contributed by atoms with Crippen LogP contribution in [-0.4, -0.2) is 33.7 Å². The van der Waals surface area contributed by atoms with E-state index in [1.54, 1.807) is 0 Å².